The van der Waals surface area contributed by atoms with E-state index in [1.807, 2.05) is 0 Å². The molecule has 2 amide bonds. The van der Waals surface area contributed by atoms with Crippen LogP contribution in [0.15, 0.2) is 71.3 Å². The molecule has 2 N–H and O–H groups in total. The summed E-state index contributed by atoms with van der Waals surface area (Å²) in [6, 6.07) is 14.2. The van der Waals surface area contributed by atoms with Crippen molar-refractivity contribution in [2.75, 3.05) is 10.6 Å². The van der Waals surface area contributed by atoms with Crippen molar-refractivity contribution in [3.05, 3.63) is 89.1 Å². The fourth-order valence-electron chi connectivity index (χ4n) is 3.02. The number of benzene rings is 2. The van der Waals surface area contributed by atoms with Gasteiger partial charge in [0.25, 0.3) is 11.8 Å². The van der Waals surface area contributed by atoms with Crippen LogP contribution in [0.2, 0.25) is 5.15 Å². The average molecular weight is 460 g/mol. The largest absolute Gasteiger partial charge is 0.459 e. The summed E-state index contributed by atoms with van der Waals surface area (Å²) in [5.41, 5.74) is -1.90. The molecule has 0 bridgehead atoms. The number of carbonyl (C=O) groups is 2. The zero-order valence-electron chi connectivity index (χ0n) is 16.0. The van der Waals surface area contributed by atoms with Gasteiger partial charge in [0.15, 0.2) is 5.76 Å². The summed E-state index contributed by atoms with van der Waals surface area (Å²) in [6.45, 7) is 0. The molecule has 0 unspecified atom stereocenters. The van der Waals surface area contributed by atoms with Gasteiger partial charge in [0, 0.05) is 11.1 Å². The molecule has 0 aliphatic heterocycles. The highest BCUT2D eigenvalue weighted by Gasteiger charge is 2.34. The van der Waals surface area contributed by atoms with Crippen LogP contribution in [-0.4, -0.2) is 16.8 Å². The number of amides is 2. The number of furan rings is 1. The quantitative estimate of drug-likeness (QED) is 0.366. The van der Waals surface area contributed by atoms with E-state index in [4.69, 9.17) is 16.0 Å². The maximum Gasteiger partial charge on any atom is 0.418 e. The number of nitrogens with one attached hydrogen (secondary N) is 2. The van der Waals surface area contributed by atoms with Crippen LogP contribution < -0.4 is 10.6 Å². The molecule has 162 valence electrons. The van der Waals surface area contributed by atoms with Crippen LogP contribution in [0.4, 0.5) is 24.5 Å². The van der Waals surface area contributed by atoms with Gasteiger partial charge in [-0.25, -0.2) is 4.98 Å². The van der Waals surface area contributed by atoms with E-state index >= 15 is 0 Å². The first kappa shape index (κ1) is 21.4. The molecule has 2 heterocycles. The molecule has 0 fully saturated rings. The number of aromatic nitrogens is 1. The van der Waals surface area contributed by atoms with Gasteiger partial charge in [0.1, 0.15) is 10.8 Å². The van der Waals surface area contributed by atoms with Crippen molar-refractivity contribution in [2.24, 2.45) is 0 Å². The normalized spacial score (nSPS) is 11.4. The van der Waals surface area contributed by atoms with E-state index in [1.54, 1.807) is 24.3 Å². The third kappa shape index (κ3) is 4.42. The molecule has 0 atom stereocenters. The lowest BCUT2D eigenvalue weighted by Gasteiger charge is -2.16. The van der Waals surface area contributed by atoms with E-state index in [2.05, 4.69) is 15.6 Å². The number of alkyl halides is 3. The number of hydrogen-bond acceptors (Lipinski definition) is 4. The van der Waals surface area contributed by atoms with Gasteiger partial charge in [-0.05, 0) is 41.8 Å². The van der Waals surface area contributed by atoms with E-state index in [0.717, 1.165) is 12.1 Å². The molecular weight excluding hydrogens is 447 g/mol. The number of rotatable bonds is 4. The molecule has 2 aromatic carbocycles. The summed E-state index contributed by atoms with van der Waals surface area (Å²) in [6.07, 6.45) is -3.54. The van der Waals surface area contributed by atoms with Crippen molar-refractivity contribution >= 4 is 45.6 Å². The van der Waals surface area contributed by atoms with Crippen LogP contribution in [-0.2, 0) is 6.18 Å². The highest BCUT2D eigenvalue weighted by Crippen LogP contribution is 2.37. The van der Waals surface area contributed by atoms with Crippen LogP contribution in [0, 0.1) is 0 Å². The van der Waals surface area contributed by atoms with E-state index in [-0.39, 0.29) is 22.3 Å². The summed E-state index contributed by atoms with van der Waals surface area (Å²) < 4.78 is 45.9. The fraction of sp³-hybridized carbons (Fsp3) is 0.0455. The maximum absolute atomic E-state index is 13.6. The van der Waals surface area contributed by atoms with Gasteiger partial charge < -0.3 is 15.1 Å². The molecular formula is C22H13ClF3N3O3. The standard InChI is InChI=1S/C22H13ClF3N3O3/c23-19-14-5-2-1-4-12(14)10-17(28-19)20(30)29-16-8-7-13(11-15(16)22(24,25)26)27-21(31)18-6-3-9-32-18/h1-11H,(H,27,31)(H,29,30). The highest BCUT2D eigenvalue weighted by molar-refractivity contribution is 6.34. The Labute approximate surface area is 184 Å². The van der Waals surface area contributed by atoms with Gasteiger partial charge in [0.2, 0.25) is 0 Å². The molecule has 0 radical (unpaired) electrons. The topological polar surface area (TPSA) is 84.2 Å². The lowest BCUT2D eigenvalue weighted by atomic mass is 10.1. The number of halogens is 4. The maximum atomic E-state index is 13.6. The second-order valence-electron chi connectivity index (χ2n) is 6.66. The summed E-state index contributed by atoms with van der Waals surface area (Å²) in [4.78, 5) is 28.7. The van der Waals surface area contributed by atoms with E-state index < -0.39 is 29.2 Å². The summed E-state index contributed by atoms with van der Waals surface area (Å²) >= 11 is 6.11. The predicted octanol–water partition coefficient (Wildman–Crippen LogP) is 6.00. The van der Waals surface area contributed by atoms with Gasteiger partial charge in [-0.15, -0.1) is 0 Å². The lowest BCUT2D eigenvalue weighted by Crippen LogP contribution is -2.19. The Kier molecular flexibility index (Phi) is 5.58. The first-order chi connectivity index (χ1) is 15.2. The van der Waals surface area contributed by atoms with E-state index in [9.17, 15) is 22.8 Å². The van der Waals surface area contributed by atoms with Crippen LogP contribution >= 0.6 is 11.6 Å². The van der Waals surface area contributed by atoms with Gasteiger partial charge in [-0.2, -0.15) is 13.2 Å². The number of fused-ring (bicyclic) bond motifs is 1. The lowest BCUT2D eigenvalue weighted by molar-refractivity contribution is -0.136. The molecule has 4 rings (SSSR count). The minimum absolute atomic E-state index is 0.0558. The van der Waals surface area contributed by atoms with Crippen LogP contribution in [0.3, 0.4) is 0 Å². The van der Waals surface area contributed by atoms with Gasteiger partial charge in [-0.3, -0.25) is 9.59 Å². The highest BCUT2D eigenvalue weighted by atomic mass is 35.5. The van der Waals surface area contributed by atoms with Crippen molar-refractivity contribution in [3.8, 4) is 0 Å². The second-order valence-corrected chi connectivity index (χ2v) is 7.02. The first-order valence-corrected chi connectivity index (χ1v) is 9.53. The van der Waals surface area contributed by atoms with Gasteiger partial charge >= 0.3 is 6.18 Å². The molecule has 32 heavy (non-hydrogen) atoms. The van der Waals surface area contributed by atoms with Crippen molar-refractivity contribution in [1.29, 1.82) is 0 Å². The third-order valence-electron chi connectivity index (χ3n) is 4.50. The van der Waals surface area contributed by atoms with Crippen molar-refractivity contribution < 1.29 is 27.2 Å². The molecule has 0 aliphatic rings. The SMILES string of the molecule is O=C(Nc1ccc(NC(=O)c2ccco2)cc1C(F)(F)F)c1cc2ccccc2c(Cl)n1. The number of pyridine rings is 1. The zero-order valence-corrected chi connectivity index (χ0v) is 16.8. The average Bonchev–Trinajstić information content (AvgIpc) is 3.29. The van der Waals surface area contributed by atoms with E-state index in [0.29, 0.717) is 10.8 Å². The Hall–Kier alpha value is -3.85. The van der Waals surface area contributed by atoms with Gasteiger partial charge in [0.05, 0.1) is 17.5 Å². The van der Waals surface area contributed by atoms with E-state index in [1.165, 1.54) is 30.5 Å². The monoisotopic (exact) mass is 459 g/mol. The van der Waals surface area contributed by atoms with Crippen molar-refractivity contribution in [1.82, 2.24) is 4.98 Å². The molecule has 0 spiro atoms. The molecule has 10 heteroatoms. The fourth-order valence-corrected chi connectivity index (χ4v) is 3.29. The molecule has 6 nitrogen and oxygen atoms in total. The Balaban J connectivity index is 1.63. The van der Waals surface area contributed by atoms with Crippen molar-refractivity contribution in [3.63, 3.8) is 0 Å². The van der Waals surface area contributed by atoms with Crippen LogP contribution in [0.1, 0.15) is 26.6 Å². The Morgan fingerprint density at radius 3 is 2.44 bits per heavy atom. The summed E-state index contributed by atoms with van der Waals surface area (Å²) in [5.74, 6) is -1.64. The summed E-state index contributed by atoms with van der Waals surface area (Å²) in [7, 11) is 0. The number of nitrogens with zero attached hydrogens (tertiary/aromatic N) is 1. The minimum Gasteiger partial charge on any atom is -0.459 e. The Bertz CT molecular complexity index is 1320. The van der Waals surface area contributed by atoms with Crippen LogP contribution in [0.5, 0.6) is 0 Å². The third-order valence-corrected chi connectivity index (χ3v) is 4.79. The number of carbonyl (C=O) groups excluding carboxylic acids is 2. The molecule has 0 saturated carbocycles. The predicted molar refractivity (Wildman–Crippen MR) is 113 cm³/mol. The Morgan fingerprint density at radius 1 is 0.938 bits per heavy atom. The van der Waals surface area contributed by atoms with Crippen molar-refractivity contribution in [2.45, 2.75) is 6.18 Å². The Morgan fingerprint density at radius 2 is 1.72 bits per heavy atom. The zero-order chi connectivity index (χ0) is 22.9. The molecule has 4 aromatic rings. The first-order valence-electron chi connectivity index (χ1n) is 9.15. The molecule has 2 aromatic heterocycles. The number of hydrogen-bond donors (Lipinski definition) is 2. The molecule has 0 saturated heterocycles. The molecule has 0 aliphatic carbocycles. The van der Waals surface area contributed by atoms with Gasteiger partial charge in [-0.1, -0.05) is 35.9 Å². The number of anilines is 2. The minimum atomic E-state index is -4.80. The van der Waals surface area contributed by atoms with Crippen LogP contribution in [0.25, 0.3) is 10.8 Å². The summed E-state index contributed by atoms with van der Waals surface area (Å²) in [5, 5.41) is 5.82. The smallest absolute Gasteiger partial charge is 0.418 e. The second kappa shape index (κ2) is 8.35.